The van der Waals surface area contributed by atoms with Gasteiger partial charge in [0.1, 0.15) is 6.33 Å². The second-order valence-corrected chi connectivity index (χ2v) is 5.41. The second kappa shape index (κ2) is 7.80. The molecule has 0 atom stereocenters. The highest BCUT2D eigenvalue weighted by Gasteiger charge is 2.11. The summed E-state index contributed by atoms with van der Waals surface area (Å²) in [6.07, 6.45) is 5.01. The van der Waals surface area contributed by atoms with Crippen LogP contribution in [-0.2, 0) is 4.74 Å². The molecule has 1 saturated heterocycles. The van der Waals surface area contributed by atoms with E-state index in [0.717, 1.165) is 44.0 Å². The highest BCUT2D eigenvalue weighted by Crippen LogP contribution is 2.17. The maximum Gasteiger partial charge on any atom is 0.251 e. The number of benzene rings is 1. The van der Waals surface area contributed by atoms with Gasteiger partial charge in [0.05, 0.1) is 13.2 Å². The number of nitrogens with zero attached hydrogens (tertiary/aromatic N) is 3. The molecule has 1 aromatic carbocycles. The lowest BCUT2D eigenvalue weighted by Gasteiger charge is -2.26. The van der Waals surface area contributed by atoms with E-state index >= 15 is 0 Å². The number of hydrogen-bond acceptors (Lipinski definition) is 5. The Morgan fingerprint density at radius 3 is 2.48 bits per heavy atom. The van der Waals surface area contributed by atoms with E-state index in [1.165, 1.54) is 6.33 Å². The van der Waals surface area contributed by atoms with Crippen molar-refractivity contribution in [1.82, 2.24) is 20.2 Å². The molecule has 0 unspecified atom stereocenters. The van der Waals surface area contributed by atoms with E-state index in [9.17, 15) is 4.79 Å². The quantitative estimate of drug-likeness (QED) is 0.899. The molecular weight excluding hydrogens is 292 g/mol. The third-order valence-corrected chi connectivity index (χ3v) is 3.86. The Morgan fingerprint density at radius 2 is 1.78 bits per heavy atom. The summed E-state index contributed by atoms with van der Waals surface area (Å²) in [7, 11) is 0. The first-order valence-electron chi connectivity index (χ1n) is 7.77. The Hall–Kier alpha value is -2.31. The number of morpholine rings is 1. The lowest BCUT2D eigenvalue weighted by Crippen LogP contribution is -2.41. The van der Waals surface area contributed by atoms with Crippen molar-refractivity contribution in [2.75, 3.05) is 39.4 Å². The van der Waals surface area contributed by atoms with Crippen LogP contribution in [0.4, 0.5) is 0 Å². The lowest BCUT2D eigenvalue weighted by atomic mass is 10.1. The first-order chi connectivity index (χ1) is 11.3. The summed E-state index contributed by atoms with van der Waals surface area (Å²) in [6, 6.07) is 7.48. The molecule has 1 fully saturated rings. The Balaban J connectivity index is 1.51. The standard InChI is InChI=1S/C17H20N4O2/c22-17(20-5-6-21-7-9-23-10-8-21)15-3-1-14(2-4-15)16-11-18-13-19-12-16/h1-4,11-13H,5-10H2,(H,20,22). The van der Waals surface area contributed by atoms with Gasteiger partial charge in [0.15, 0.2) is 0 Å². The van der Waals surface area contributed by atoms with E-state index in [1.807, 2.05) is 24.3 Å². The number of carbonyl (C=O) groups is 1. The monoisotopic (exact) mass is 312 g/mol. The molecule has 23 heavy (non-hydrogen) atoms. The van der Waals surface area contributed by atoms with Gasteiger partial charge in [-0.3, -0.25) is 9.69 Å². The van der Waals surface area contributed by atoms with Crippen LogP contribution in [0.1, 0.15) is 10.4 Å². The smallest absolute Gasteiger partial charge is 0.251 e. The fourth-order valence-corrected chi connectivity index (χ4v) is 2.52. The minimum absolute atomic E-state index is 0.0471. The number of aromatic nitrogens is 2. The Morgan fingerprint density at radius 1 is 1.09 bits per heavy atom. The minimum atomic E-state index is -0.0471. The van der Waals surface area contributed by atoms with Gasteiger partial charge in [-0.1, -0.05) is 12.1 Å². The summed E-state index contributed by atoms with van der Waals surface area (Å²) in [5.74, 6) is -0.0471. The molecule has 0 spiro atoms. The van der Waals surface area contributed by atoms with Gasteiger partial charge >= 0.3 is 0 Å². The Kier molecular flexibility index (Phi) is 5.29. The number of hydrogen-bond donors (Lipinski definition) is 1. The number of amides is 1. The molecule has 120 valence electrons. The summed E-state index contributed by atoms with van der Waals surface area (Å²) in [4.78, 5) is 22.4. The molecule has 1 aromatic heterocycles. The number of ether oxygens (including phenoxy) is 1. The van der Waals surface area contributed by atoms with Crippen molar-refractivity contribution in [1.29, 1.82) is 0 Å². The zero-order chi connectivity index (χ0) is 15.9. The first kappa shape index (κ1) is 15.6. The van der Waals surface area contributed by atoms with Crippen LogP contribution in [0.2, 0.25) is 0 Å². The maximum atomic E-state index is 12.2. The van der Waals surface area contributed by atoms with Crippen molar-refractivity contribution in [2.24, 2.45) is 0 Å². The van der Waals surface area contributed by atoms with Gasteiger partial charge in [-0.05, 0) is 17.7 Å². The van der Waals surface area contributed by atoms with Crippen LogP contribution in [0.15, 0.2) is 43.0 Å². The van der Waals surface area contributed by atoms with E-state index in [1.54, 1.807) is 12.4 Å². The van der Waals surface area contributed by atoms with Crippen molar-refractivity contribution in [3.05, 3.63) is 48.5 Å². The molecule has 6 nitrogen and oxygen atoms in total. The van der Waals surface area contributed by atoms with Gasteiger partial charge in [0, 0.05) is 49.7 Å². The van der Waals surface area contributed by atoms with Gasteiger partial charge < -0.3 is 10.1 Å². The molecule has 1 N–H and O–H groups in total. The van der Waals surface area contributed by atoms with Crippen LogP contribution < -0.4 is 5.32 Å². The summed E-state index contributed by atoms with van der Waals surface area (Å²) >= 11 is 0. The molecule has 1 amide bonds. The Labute approximate surface area is 135 Å². The largest absolute Gasteiger partial charge is 0.379 e. The molecule has 0 bridgehead atoms. The maximum absolute atomic E-state index is 12.2. The van der Waals surface area contributed by atoms with Crippen molar-refractivity contribution in [3.8, 4) is 11.1 Å². The van der Waals surface area contributed by atoms with Crippen molar-refractivity contribution in [3.63, 3.8) is 0 Å². The molecule has 1 aliphatic heterocycles. The van der Waals surface area contributed by atoms with E-state index < -0.39 is 0 Å². The molecule has 2 heterocycles. The fourth-order valence-electron chi connectivity index (χ4n) is 2.52. The van der Waals surface area contributed by atoms with Crippen LogP contribution in [0.25, 0.3) is 11.1 Å². The second-order valence-electron chi connectivity index (χ2n) is 5.41. The number of nitrogens with one attached hydrogen (secondary N) is 1. The molecule has 0 saturated carbocycles. The first-order valence-corrected chi connectivity index (χ1v) is 7.77. The van der Waals surface area contributed by atoms with Crippen LogP contribution in [-0.4, -0.2) is 60.2 Å². The van der Waals surface area contributed by atoms with E-state index in [-0.39, 0.29) is 5.91 Å². The van der Waals surface area contributed by atoms with Crippen molar-refractivity contribution in [2.45, 2.75) is 0 Å². The van der Waals surface area contributed by atoms with Crippen LogP contribution in [0, 0.1) is 0 Å². The van der Waals surface area contributed by atoms with Crippen molar-refractivity contribution < 1.29 is 9.53 Å². The SMILES string of the molecule is O=C(NCCN1CCOCC1)c1ccc(-c2cncnc2)cc1. The summed E-state index contributed by atoms with van der Waals surface area (Å²) in [5, 5.41) is 2.96. The predicted octanol–water partition coefficient (Wildman–Crippen LogP) is 1.21. The highest BCUT2D eigenvalue weighted by atomic mass is 16.5. The average Bonchev–Trinajstić information content (AvgIpc) is 2.63. The summed E-state index contributed by atoms with van der Waals surface area (Å²) in [5.41, 5.74) is 2.59. The molecule has 0 aliphatic carbocycles. The molecule has 6 heteroatoms. The molecular formula is C17H20N4O2. The number of carbonyl (C=O) groups excluding carboxylic acids is 1. The predicted molar refractivity (Wildman–Crippen MR) is 87.1 cm³/mol. The van der Waals surface area contributed by atoms with Gasteiger partial charge in [0.2, 0.25) is 0 Å². The van der Waals surface area contributed by atoms with Crippen LogP contribution in [0.5, 0.6) is 0 Å². The van der Waals surface area contributed by atoms with Crippen LogP contribution >= 0.6 is 0 Å². The lowest BCUT2D eigenvalue weighted by molar-refractivity contribution is 0.0383. The zero-order valence-electron chi connectivity index (χ0n) is 12.9. The topological polar surface area (TPSA) is 67.4 Å². The average molecular weight is 312 g/mol. The number of rotatable bonds is 5. The van der Waals surface area contributed by atoms with Crippen LogP contribution in [0.3, 0.4) is 0 Å². The summed E-state index contributed by atoms with van der Waals surface area (Å²) in [6.45, 7) is 4.92. The Bertz CT molecular complexity index is 625. The van der Waals surface area contributed by atoms with E-state index in [4.69, 9.17) is 4.74 Å². The normalized spacial score (nSPS) is 15.3. The third kappa shape index (κ3) is 4.34. The zero-order valence-corrected chi connectivity index (χ0v) is 12.9. The summed E-state index contributed by atoms with van der Waals surface area (Å²) < 4.78 is 5.31. The highest BCUT2D eigenvalue weighted by molar-refractivity contribution is 5.94. The van der Waals surface area contributed by atoms with Gasteiger partial charge in [-0.15, -0.1) is 0 Å². The minimum Gasteiger partial charge on any atom is -0.379 e. The van der Waals surface area contributed by atoms with E-state index in [2.05, 4.69) is 20.2 Å². The molecule has 1 aliphatic rings. The van der Waals surface area contributed by atoms with E-state index in [0.29, 0.717) is 12.1 Å². The fraction of sp³-hybridized carbons (Fsp3) is 0.353. The van der Waals surface area contributed by atoms with Gasteiger partial charge in [-0.2, -0.15) is 0 Å². The molecule has 2 aromatic rings. The van der Waals surface area contributed by atoms with Gasteiger partial charge in [-0.25, -0.2) is 9.97 Å². The van der Waals surface area contributed by atoms with Gasteiger partial charge in [0.25, 0.3) is 5.91 Å². The van der Waals surface area contributed by atoms with Crippen molar-refractivity contribution >= 4 is 5.91 Å². The molecule has 0 radical (unpaired) electrons. The third-order valence-electron chi connectivity index (χ3n) is 3.86. The molecule has 3 rings (SSSR count).